The van der Waals surface area contributed by atoms with Gasteiger partial charge in [-0.3, -0.25) is 0 Å². The maximum absolute atomic E-state index is 3.75. The molecule has 0 heterocycles. The first-order chi connectivity index (χ1) is 6.88. The second-order valence-electron chi connectivity index (χ2n) is 2.46. The van der Waals surface area contributed by atoms with Crippen LogP contribution in [0.25, 0.3) is 5.57 Å². The second-order valence-corrected chi connectivity index (χ2v) is 2.46. The fraction of sp³-hybridized carbons (Fsp3) is 0.231. The first-order valence-electron chi connectivity index (χ1n) is 4.93. The van der Waals surface area contributed by atoms with E-state index in [4.69, 9.17) is 0 Å². The van der Waals surface area contributed by atoms with Crippen LogP contribution in [-0.2, 0) is 0 Å². The first-order valence-corrected chi connectivity index (χ1v) is 4.93. The minimum Gasteiger partial charge on any atom is -0.393 e. The molecule has 0 aliphatic carbocycles. The van der Waals surface area contributed by atoms with Crippen molar-refractivity contribution < 1.29 is 0 Å². The van der Waals surface area contributed by atoms with Crippen LogP contribution in [0.5, 0.6) is 0 Å². The molecule has 76 valence electrons. The molecule has 0 aliphatic rings. The summed E-state index contributed by atoms with van der Waals surface area (Å²) in [7, 11) is 1.88. The Balaban J connectivity index is 0.000000791. The van der Waals surface area contributed by atoms with Gasteiger partial charge in [0.05, 0.1) is 0 Å². The smallest absolute Gasteiger partial charge is 0.00410 e. The first kappa shape index (κ1) is 12.5. The van der Waals surface area contributed by atoms with Gasteiger partial charge in [0, 0.05) is 13.2 Å². The molecule has 0 bridgehead atoms. The van der Waals surface area contributed by atoms with Crippen LogP contribution in [0.3, 0.4) is 0 Å². The molecule has 0 fully saturated rings. The van der Waals surface area contributed by atoms with Crippen LogP contribution in [0.1, 0.15) is 19.4 Å². The lowest BCUT2D eigenvalue weighted by atomic mass is 10.1. The number of nitrogens with one attached hydrogen (secondary N) is 1. The van der Waals surface area contributed by atoms with Gasteiger partial charge in [0.2, 0.25) is 0 Å². The zero-order chi connectivity index (χ0) is 10.8. The average Bonchev–Trinajstić information content (AvgIpc) is 2.30. The van der Waals surface area contributed by atoms with E-state index in [1.807, 2.05) is 51.4 Å². The lowest BCUT2D eigenvalue weighted by molar-refractivity contribution is 1.11. The fourth-order valence-corrected chi connectivity index (χ4v) is 1.05. The largest absolute Gasteiger partial charge is 0.393 e. The van der Waals surface area contributed by atoms with Crippen molar-refractivity contribution in [3.63, 3.8) is 0 Å². The van der Waals surface area contributed by atoms with Crippen LogP contribution in [-0.4, -0.2) is 7.05 Å². The van der Waals surface area contributed by atoms with E-state index in [2.05, 4.69) is 24.0 Å². The van der Waals surface area contributed by atoms with Crippen LogP contribution < -0.4 is 5.32 Å². The summed E-state index contributed by atoms with van der Waals surface area (Å²) in [6, 6.07) is 10.2. The minimum atomic E-state index is 1.11. The normalized spacial score (nSPS) is 9.79. The summed E-state index contributed by atoms with van der Waals surface area (Å²) in [6.07, 6.45) is 3.77. The molecule has 0 radical (unpaired) electrons. The van der Waals surface area contributed by atoms with Gasteiger partial charge in [-0.25, -0.2) is 0 Å². The van der Waals surface area contributed by atoms with Crippen LogP contribution in [0, 0.1) is 0 Å². The van der Waals surface area contributed by atoms with Gasteiger partial charge in [0.25, 0.3) is 0 Å². The molecule has 0 aliphatic heterocycles. The van der Waals surface area contributed by atoms with E-state index < -0.39 is 0 Å². The predicted molar refractivity (Wildman–Crippen MR) is 65.0 cm³/mol. The summed E-state index contributed by atoms with van der Waals surface area (Å²) < 4.78 is 0. The van der Waals surface area contributed by atoms with E-state index in [0.717, 1.165) is 5.57 Å². The Hall–Kier alpha value is -1.50. The van der Waals surface area contributed by atoms with Gasteiger partial charge in [-0.1, -0.05) is 56.8 Å². The standard InChI is InChI=1S/C11H13N.C2H6/c1-3-10(9-12-2)11-7-5-4-6-8-11;1-2/h3-9,12H,1H2,2H3;1-2H3/b10-9+;. The van der Waals surface area contributed by atoms with Crippen molar-refractivity contribution in [1.29, 1.82) is 0 Å². The van der Waals surface area contributed by atoms with Crippen LogP contribution in [0.15, 0.2) is 49.2 Å². The zero-order valence-electron chi connectivity index (χ0n) is 9.25. The van der Waals surface area contributed by atoms with Crippen molar-refractivity contribution in [2.45, 2.75) is 13.8 Å². The Morgan fingerprint density at radius 3 is 2.21 bits per heavy atom. The third kappa shape index (κ3) is 3.94. The summed E-state index contributed by atoms with van der Waals surface area (Å²) in [6.45, 7) is 7.75. The molecule has 0 aromatic heterocycles. The third-order valence-corrected chi connectivity index (χ3v) is 1.63. The van der Waals surface area contributed by atoms with Gasteiger partial charge in [0.15, 0.2) is 0 Å². The number of benzene rings is 1. The lowest BCUT2D eigenvalue weighted by Crippen LogP contribution is -1.94. The molecule has 1 heteroatoms. The van der Waals surface area contributed by atoms with Crippen molar-refractivity contribution in [3.05, 3.63) is 54.8 Å². The molecule has 0 saturated heterocycles. The molecule has 0 unspecified atom stereocenters. The van der Waals surface area contributed by atoms with Crippen molar-refractivity contribution in [1.82, 2.24) is 5.32 Å². The monoisotopic (exact) mass is 189 g/mol. The van der Waals surface area contributed by atoms with Gasteiger partial charge in [-0.2, -0.15) is 0 Å². The molecule has 1 nitrogen and oxygen atoms in total. The van der Waals surface area contributed by atoms with Crippen LogP contribution in [0.2, 0.25) is 0 Å². The van der Waals surface area contributed by atoms with Crippen LogP contribution in [0.4, 0.5) is 0 Å². The number of rotatable bonds is 3. The van der Waals surface area contributed by atoms with Gasteiger partial charge in [-0.05, 0) is 11.1 Å². The van der Waals surface area contributed by atoms with Crippen molar-refractivity contribution in [2.75, 3.05) is 7.05 Å². The average molecular weight is 189 g/mol. The predicted octanol–water partition coefficient (Wildman–Crippen LogP) is 3.46. The molecule has 1 N–H and O–H groups in total. The quantitative estimate of drug-likeness (QED) is 0.718. The summed E-state index contributed by atoms with van der Waals surface area (Å²) >= 11 is 0. The molecule has 0 spiro atoms. The van der Waals surface area contributed by atoms with Gasteiger partial charge < -0.3 is 5.32 Å². The topological polar surface area (TPSA) is 12.0 Å². The van der Waals surface area contributed by atoms with Gasteiger partial charge in [0.1, 0.15) is 0 Å². The fourth-order valence-electron chi connectivity index (χ4n) is 1.05. The second kappa shape index (κ2) is 8.11. The third-order valence-electron chi connectivity index (χ3n) is 1.63. The van der Waals surface area contributed by atoms with E-state index in [1.54, 1.807) is 0 Å². The molecule has 1 rings (SSSR count). The highest BCUT2D eigenvalue weighted by atomic mass is 14.8. The maximum atomic E-state index is 3.75. The lowest BCUT2D eigenvalue weighted by Gasteiger charge is -2.00. The number of hydrogen-bond donors (Lipinski definition) is 1. The molecule has 14 heavy (non-hydrogen) atoms. The summed E-state index contributed by atoms with van der Waals surface area (Å²) in [4.78, 5) is 0. The van der Waals surface area contributed by atoms with E-state index >= 15 is 0 Å². The van der Waals surface area contributed by atoms with E-state index in [1.165, 1.54) is 5.56 Å². The minimum absolute atomic E-state index is 1.11. The number of allylic oxidation sites excluding steroid dienone is 2. The van der Waals surface area contributed by atoms with Crippen molar-refractivity contribution in [2.24, 2.45) is 0 Å². The highest BCUT2D eigenvalue weighted by Crippen LogP contribution is 2.12. The highest BCUT2D eigenvalue weighted by Gasteiger charge is 1.92. The molecule has 1 aromatic rings. The van der Waals surface area contributed by atoms with E-state index in [-0.39, 0.29) is 0 Å². The molecular weight excluding hydrogens is 170 g/mol. The molecule has 0 amide bonds. The van der Waals surface area contributed by atoms with Crippen molar-refractivity contribution >= 4 is 5.57 Å². The molecule has 0 atom stereocenters. The Bertz CT molecular complexity index is 273. The van der Waals surface area contributed by atoms with Crippen molar-refractivity contribution in [3.8, 4) is 0 Å². The van der Waals surface area contributed by atoms with E-state index in [0.29, 0.717) is 0 Å². The summed E-state index contributed by atoms with van der Waals surface area (Å²) in [5.74, 6) is 0. The Morgan fingerprint density at radius 2 is 1.79 bits per heavy atom. The zero-order valence-corrected chi connectivity index (χ0v) is 9.25. The Kier molecular flexibility index (Phi) is 7.24. The SMILES string of the molecule is C=C/C(=C\NC)c1ccccc1.CC. The number of hydrogen-bond acceptors (Lipinski definition) is 1. The highest BCUT2D eigenvalue weighted by molar-refractivity contribution is 5.72. The molecular formula is C13H19N. The summed E-state index contributed by atoms with van der Waals surface area (Å²) in [5.41, 5.74) is 2.29. The Morgan fingerprint density at radius 1 is 1.21 bits per heavy atom. The maximum Gasteiger partial charge on any atom is 0.00410 e. The Labute approximate surface area is 87.2 Å². The van der Waals surface area contributed by atoms with Gasteiger partial charge >= 0.3 is 0 Å². The molecule has 0 saturated carbocycles. The summed E-state index contributed by atoms with van der Waals surface area (Å²) in [5, 5.41) is 2.98. The van der Waals surface area contributed by atoms with Crippen LogP contribution >= 0.6 is 0 Å². The van der Waals surface area contributed by atoms with Gasteiger partial charge in [-0.15, -0.1) is 0 Å². The van der Waals surface area contributed by atoms with E-state index in [9.17, 15) is 0 Å². The molecule has 1 aromatic carbocycles.